The Labute approximate surface area is 97.1 Å². The number of alkyl halides is 1. The Hall–Kier alpha value is -0.630. The number of hydrogen-bond donors (Lipinski definition) is 0. The minimum absolute atomic E-state index is 0.199. The number of aromatic nitrogens is 2. The average molecular weight is 227 g/mol. The van der Waals surface area contributed by atoms with Crippen LogP contribution in [0, 0.1) is 0 Å². The van der Waals surface area contributed by atoms with E-state index in [9.17, 15) is 0 Å². The molecule has 1 aromatic heterocycles. The van der Waals surface area contributed by atoms with Gasteiger partial charge in [-0.2, -0.15) is 0 Å². The first-order valence-corrected chi connectivity index (χ1v) is 6.02. The summed E-state index contributed by atoms with van der Waals surface area (Å²) in [5.74, 6) is 0.451. The molecule has 0 radical (unpaired) electrons. The molecule has 84 valence electrons. The third kappa shape index (κ3) is 4.17. The summed E-state index contributed by atoms with van der Waals surface area (Å²) in [6, 6.07) is 2.07. The lowest BCUT2D eigenvalue weighted by Gasteiger charge is -2.09. The second-order valence-electron chi connectivity index (χ2n) is 4.18. The summed E-state index contributed by atoms with van der Waals surface area (Å²) < 4.78 is 0. The SMILES string of the molecule is CCCC(Cl)Cc1cc(C(C)C)ncn1. The second-order valence-corrected chi connectivity index (χ2v) is 4.80. The van der Waals surface area contributed by atoms with Gasteiger partial charge in [-0.25, -0.2) is 9.97 Å². The zero-order valence-electron chi connectivity index (χ0n) is 9.70. The predicted molar refractivity (Wildman–Crippen MR) is 64.4 cm³/mol. The zero-order valence-corrected chi connectivity index (χ0v) is 10.5. The maximum absolute atomic E-state index is 6.19. The van der Waals surface area contributed by atoms with E-state index >= 15 is 0 Å². The van der Waals surface area contributed by atoms with E-state index in [1.54, 1.807) is 6.33 Å². The molecule has 1 atom stereocenters. The molecule has 0 aliphatic carbocycles. The molecule has 1 unspecified atom stereocenters. The number of hydrogen-bond acceptors (Lipinski definition) is 2. The number of rotatable bonds is 5. The van der Waals surface area contributed by atoms with E-state index in [0.717, 1.165) is 30.7 Å². The minimum atomic E-state index is 0.199. The van der Waals surface area contributed by atoms with Crippen molar-refractivity contribution in [3.63, 3.8) is 0 Å². The number of halogens is 1. The lowest BCUT2D eigenvalue weighted by Crippen LogP contribution is -2.06. The summed E-state index contributed by atoms with van der Waals surface area (Å²) in [6.07, 6.45) is 4.65. The van der Waals surface area contributed by atoms with Crippen molar-refractivity contribution in [1.29, 1.82) is 0 Å². The van der Waals surface area contributed by atoms with Crippen molar-refractivity contribution in [2.45, 2.75) is 51.3 Å². The van der Waals surface area contributed by atoms with Gasteiger partial charge in [0.05, 0.1) is 0 Å². The van der Waals surface area contributed by atoms with E-state index in [1.165, 1.54) is 0 Å². The van der Waals surface area contributed by atoms with Gasteiger partial charge in [0, 0.05) is 23.2 Å². The molecule has 1 rings (SSSR count). The molecule has 3 heteroatoms. The molecule has 15 heavy (non-hydrogen) atoms. The smallest absolute Gasteiger partial charge is 0.115 e. The van der Waals surface area contributed by atoms with Gasteiger partial charge in [-0.3, -0.25) is 0 Å². The fraction of sp³-hybridized carbons (Fsp3) is 0.667. The molecular weight excluding hydrogens is 208 g/mol. The van der Waals surface area contributed by atoms with Gasteiger partial charge < -0.3 is 0 Å². The molecule has 2 nitrogen and oxygen atoms in total. The zero-order chi connectivity index (χ0) is 11.3. The van der Waals surface area contributed by atoms with Crippen LogP contribution in [0.25, 0.3) is 0 Å². The average Bonchev–Trinajstić information content (AvgIpc) is 2.18. The van der Waals surface area contributed by atoms with E-state index < -0.39 is 0 Å². The van der Waals surface area contributed by atoms with Crippen LogP contribution in [0.1, 0.15) is 50.9 Å². The Morgan fingerprint density at radius 2 is 2.07 bits per heavy atom. The highest BCUT2D eigenvalue weighted by molar-refractivity contribution is 6.20. The second kappa shape index (κ2) is 6.06. The Morgan fingerprint density at radius 3 is 2.67 bits per heavy atom. The van der Waals surface area contributed by atoms with E-state index in [4.69, 9.17) is 11.6 Å². The van der Waals surface area contributed by atoms with Crippen LogP contribution in [0.3, 0.4) is 0 Å². The van der Waals surface area contributed by atoms with E-state index in [1.807, 2.05) is 0 Å². The highest BCUT2D eigenvalue weighted by Gasteiger charge is 2.08. The topological polar surface area (TPSA) is 25.8 Å². The van der Waals surface area contributed by atoms with Crippen LogP contribution in [0.4, 0.5) is 0 Å². The van der Waals surface area contributed by atoms with Gasteiger partial charge >= 0.3 is 0 Å². The first-order valence-electron chi connectivity index (χ1n) is 5.58. The maximum Gasteiger partial charge on any atom is 0.115 e. The van der Waals surface area contributed by atoms with E-state index in [2.05, 4.69) is 36.8 Å². The fourth-order valence-corrected chi connectivity index (χ4v) is 1.86. The quantitative estimate of drug-likeness (QED) is 0.718. The monoisotopic (exact) mass is 226 g/mol. The first kappa shape index (κ1) is 12.4. The molecule has 0 spiro atoms. The molecule has 1 heterocycles. The predicted octanol–water partition coefficient (Wildman–Crippen LogP) is 3.55. The molecule has 0 amide bonds. The Bertz CT molecular complexity index is 299. The molecule has 0 aromatic carbocycles. The van der Waals surface area contributed by atoms with Crippen molar-refractivity contribution in [3.8, 4) is 0 Å². The van der Waals surface area contributed by atoms with Crippen molar-refractivity contribution in [1.82, 2.24) is 9.97 Å². The molecule has 0 bridgehead atoms. The van der Waals surface area contributed by atoms with Gasteiger partial charge in [0.25, 0.3) is 0 Å². The highest BCUT2D eigenvalue weighted by atomic mass is 35.5. The van der Waals surface area contributed by atoms with Gasteiger partial charge in [-0.1, -0.05) is 27.2 Å². The summed E-state index contributed by atoms with van der Waals surface area (Å²) in [4.78, 5) is 8.49. The standard InChI is InChI=1S/C12H19ClN2/c1-4-5-10(13)6-11-7-12(9(2)3)15-8-14-11/h7-10H,4-6H2,1-3H3. The van der Waals surface area contributed by atoms with Crippen molar-refractivity contribution in [2.75, 3.05) is 0 Å². The van der Waals surface area contributed by atoms with Crippen molar-refractivity contribution in [3.05, 3.63) is 23.8 Å². The molecular formula is C12H19ClN2. The molecule has 0 saturated heterocycles. The van der Waals surface area contributed by atoms with Crippen LogP contribution in [0.5, 0.6) is 0 Å². The van der Waals surface area contributed by atoms with Crippen LogP contribution >= 0.6 is 11.6 Å². The van der Waals surface area contributed by atoms with Gasteiger partial charge in [-0.15, -0.1) is 11.6 Å². The first-order chi connectivity index (χ1) is 7.13. The van der Waals surface area contributed by atoms with Gasteiger partial charge in [0.2, 0.25) is 0 Å². The van der Waals surface area contributed by atoms with Crippen molar-refractivity contribution < 1.29 is 0 Å². The van der Waals surface area contributed by atoms with Gasteiger partial charge in [0.15, 0.2) is 0 Å². The molecule has 0 saturated carbocycles. The third-order valence-electron chi connectivity index (χ3n) is 2.37. The van der Waals surface area contributed by atoms with Crippen LogP contribution < -0.4 is 0 Å². The van der Waals surface area contributed by atoms with Gasteiger partial charge in [0.1, 0.15) is 6.33 Å². The lowest BCUT2D eigenvalue weighted by atomic mass is 10.1. The molecule has 0 aliphatic heterocycles. The Balaban J connectivity index is 2.65. The maximum atomic E-state index is 6.19. The van der Waals surface area contributed by atoms with Crippen LogP contribution in [0.15, 0.2) is 12.4 Å². The van der Waals surface area contributed by atoms with Crippen LogP contribution in [-0.2, 0) is 6.42 Å². The summed E-state index contributed by atoms with van der Waals surface area (Å²) >= 11 is 6.19. The van der Waals surface area contributed by atoms with E-state index in [0.29, 0.717) is 5.92 Å². The molecule has 1 aromatic rings. The summed E-state index contributed by atoms with van der Waals surface area (Å²) in [7, 11) is 0. The summed E-state index contributed by atoms with van der Waals surface area (Å²) in [5, 5.41) is 0.199. The summed E-state index contributed by atoms with van der Waals surface area (Å²) in [6.45, 7) is 6.42. The molecule has 0 aliphatic rings. The Kier molecular flexibility index (Phi) is 5.03. The lowest BCUT2D eigenvalue weighted by molar-refractivity contribution is 0.708. The summed E-state index contributed by atoms with van der Waals surface area (Å²) in [5.41, 5.74) is 2.16. The fourth-order valence-electron chi connectivity index (χ4n) is 1.48. The highest BCUT2D eigenvalue weighted by Crippen LogP contribution is 2.15. The van der Waals surface area contributed by atoms with Crippen LogP contribution in [0.2, 0.25) is 0 Å². The molecule has 0 fully saturated rings. The largest absolute Gasteiger partial charge is 0.241 e. The van der Waals surface area contributed by atoms with Crippen molar-refractivity contribution in [2.24, 2.45) is 0 Å². The number of nitrogens with zero attached hydrogens (tertiary/aromatic N) is 2. The van der Waals surface area contributed by atoms with Crippen molar-refractivity contribution >= 4 is 11.6 Å². The Morgan fingerprint density at radius 1 is 1.33 bits per heavy atom. The van der Waals surface area contributed by atoms with Gasteiger partial charge in [-0.05, 0) is 18.4 Å². The van der Waals surface area contributed by atoms with E-state index in [-0.39, 0.29) is 5.38 Å². The molecule has 0 N–H and O–H groups in total. The third-order valence-corrected chi connectivity index (χ3v) is 2.74. The minimum Gasteiger partial charge on any atom is -0.241 e. The normalized spacial score (nSPS) is 13.1. The van der Waals surface area contributed by atoms with Crippen LogP contribution in [-0.4, -0.2) is 15.3 Å².